The monoisotopic (exact) mass is 514 g/mol. The fourth-order valence-electron chi connectivity index (χ4n) is 5.26. The summed E-state index contributed by atoms with van der Waals surface area (Å²) in [6, 6.07) is 8.55. The molecule has 1 aliphatic carbocycles. The molecule has 2 N–H and O–H groups in total. The minimum atomic E-state index is -0.281. The highest BCUT2D eigenvalue weighted by atomic mass is 16.5. The third kappa shape index (κ3) is 4.53. The maximum atomic E-state index is 12.8. The van der Waals surface area contributed by atoms with E-state index >= 15 is 0 Å². The van der Waals surface area contributed by atoms with Crippen LogP contribution >= 0.6 is 0 Å². The van der Waals surface area contributed by atoms with Crippen LogP contribution < -0.4 is 5.73 Å². The summed E-state index contributed by atoms with van der Waals surface area (Å²) in [5.74, 6) is 1.34. The van der Waals surface area contributed by atoms with Crippen LogP contribution in [0.4, 0.5) is 5.95 Å². The van der Waals surface area contributed by atoms with E-state index in [0.717, 1.165) is 48.8 Å². The molecular formula is C27H30N8O3. The number of nitrogens with zero attached hydrogens (tertiary/aromatic N) is 7. The molecule has 6 rings (SSSR count). The maximum absolute atomic E-state index is 12.8. The molecule has 11 nitrogen and oxygen atoms in total. The van der Waals surface area contributed by atoms with Crippen LogP contribution in [0.1, 0.15) is 43.5 Å². The Morgan fingerprint density at radius 1 is 1.08 bits per heavy atom. The summed E-state index contributed by atoms with van der Waals surface area (Å²) in [6.07, 6.45) is 11.6. The van der Waals surface area contributed by atoms with E-state index in [0.29, 0.717) is 30.5 Å². The Kier molecular flexibility index (Phi) is 6.36. The molecule has 2 aliphatic rings. The van der Waals surface area contributed by atoms with Crippen molar-refractivity contribution in [1.82, 2.24) is 34.8 Å². The molecule has 4 heterocycles. The highest BCUT2D eigenvalue weighted by molar-refractivity contribution is 5.76. The minimum absolute atomic E-state index is 0.0140. The SMILES string of the molecule is CN(C(=O)Cn1cc(-c2nc(C3(c4ccc(-c5cnc(N)nc5)cc4)CCC3)no2)cn1)C1CCOCC1. The lowest BCUT2D eigenvalue weighted by molar-refractivity contribution is -0.134. The Balaban J connectivity index is 1.17. The van der Waals surface area contributed by atoms with Gasteiger partial charge in [-0.1, -0.05) is 35.8 Å². The molecule has 1 aromatic carbocycles. The third-order valence-corrected chi connectivity index (χ3v) is 7.81. The highest BCUT2D eigenvalue weighted by Gasteiger charge is 2.44. The van der Waals surface area contributed by atoms with Crippen LogP contribution in [0.5, 0.6) is 0 Å². The van der Waals surface area contributed by atoms with Crippen LogP contribution in [0.15, 0.2) is 53.6 Å². The zero-order valence-electron chi connectivity index (χ0n) is 21.3. The summed E-state index contributed by atoms with van der Waals surface area (Å²) in [7, 11) is 1.85. The first-order valence-electron chi connectivity index (χ1n) is 12.9. The number of nitrogen functional groups attached to an aromatic ring is 1. The molecule has 0 atom stereocenters. The quantitative estimate of drug-likeness (QED) is 0.394. The second-order valence-electron chi connectivity index (χ2n) is 10.0. The number of hydrogen-bond donors (Lipinski definition) is 1. The molecular weight excluding hydrogens is 484 g/mol. The molecule has 0 unspecified atom stereocenters. The van der Waals surface area contributed by atoms with Crippen molar-refractivity contribution in [2.75, 3.05) is 26.0 Å². The van der Waals surface area contributed by atoms with Crippen molar-refractivity contribution in [1.29, 1.82) is 0 Å². The molecule has 0 spiro atoms. The molecule has 1 saturated heterocycles. The number of carbonyl (C=O) groups is 1. The molecule has 196 valence electrons. The topological polar surface area (TPSA) is 138 Å². The Hall–Kier alpha value is -4.12. The smallest absolute Gasteiger partial charge is 0.261 e. The Bertz CT molecular complexity index is 1400. The van der Waals surface area contributed by atoms with Gasteiger partial charge in [-0.3, -0.25) is 9.48 Å². The van der Waals surface area contributed by atoms with Gasteiger partial charge in [-0.25, -0.2) is 9.97 Å². The standard InChI is InChI=1S/C27H30N8O3/c1-34(22-7-11-37-12-8-22)23(36)17-35-16-20(15-31-35)24-32-25(33-38-24)27(9-2-10-27)21-5-3-18(4-6-21)19-13-29-26(28)30-14-19/h3-6,13-16,22H,2,7-12,17H2,1H3,(H2,28,29,30). The zero-order valence-corrected chi connectivity index (χ0v) is 21.3. The van der Waals surface area contributed by atoms with Gasteiger partial charge in [-0.15, -0.1) is 0 Å². The molecule has 11 heteroatoms. The fourth-order valence-corrected chi connectivity index (χ4v) is 5.26. The summed E-state index contributed by atoms with van der Waals surface area (Å²) < 4.78 is 12.7. The van der Waals surface area contributed by atoms with Gasteiger partial charge in [0.15, 0.2) is 5.82 Å². The molecule has 4 aromatic rings. The van der Waals surface area contributed by atoms with Gasteiger partial charge in [-0.2, -0.15) is 10.1 Å². The van der Waals surface area contributed by atoms with Crippen molar-refractivity contribution < 1.29 is 14.1 Å². The van der Waals surface area contributed by atoms with Crippen LogP contribution in [0, 0.1) is 0 Å². The van der Waals surface area contributed by atoms with E-state index in [4.69, 9.17) is 20.0 Å². The van der Waals surface area contributed by atoms with Gasteiger partial charge in [-0.05, 0) is 36.8 Å². The summed E-state index contributed by atoms with van der Waals surface area (Å²) >= 11 is 0. The van der Waals surface area contributed by atoms with Crippen molar-refractivity contribution >= 4 is 11.9 Å². The molecule has 1 saturated carbocycles. The van der Waals surface area contributed by atoms with E-state index in [1.807, 2.05) is 7.05 Å². The number of ether oxygens (including phenoxy) is 1. The summed E-state index contributed by atoms with van der Waals surface area (Å²) in [5, 5.41) is 8.74. The lowest BCUT2D eigenvalue weighted by atomic mass is 9.64. The highest BCUT2D eigenvalue weighted by Crippen LogP contribution is 2.48. The largest absolute Gasteiger partial charge is 0.381 e. The number of carbonyl (C=O) groups excluding carboxylic acids is 1. The number of rotatable bonds is 7. The average molecular weight is 515 g/mol. The first-order valence-corrected chi connectivity index (χ1v) is 12.9. The van der Waals surface area contributed by atoms with E-state index in [9.17, 15) is 4.79 Å². The van der Waals surface area contributed by atoms with Gasteiger partial charge in [0.05, 0.1) is 17.2 Å². The van der Waals surface area contributed by atoms with Crippen LogP contribution in [-0.2, 0) is 21.5 Å². The van der Waals surface area contributed by atoms with Crippen LogP contribution in [0.25, 0.3) is 22.6 Å². The second-order valence-corrected chi connectivity index (χ2v) is 10.0. The number of aromatic nitrogens is 6. The van der Waals surface area contributed by atoms with Crippen molar-refractivity contribution in [3.63, 3.8) is 0 Å². The summed E-state index contributed by atoms with van der Waals surface area (Å²) in [4.78, 5) is 27.5. The van der Waals surface area contributed by atoms with Crippen LogP contribution in [0.3, 0.4) is 0 Å². The summed E-state index contributed by atoms with van der Waals surface area (Å²) in [5.41, 5.74) is 9.09. The van der Waals surface area contributed by atoms with Crippen molar-refractivity contribution in [2.45, 2.75) is 50.1 Å². The first kappa shape index (κ1) is 24.2. The average Bonchev–Trinajstić information content (AvgIpc) is 3.59. The van der Waals surface area contributed by atoms with Gasteiger partial charge in [0.2, 0.25) is 11.9 Å². The molecule has 1 amide bonds. The van der Waals surface area contributed by atoms with Crippen LogP contribution in [0.2, 0.25) is 0 Å². The number of nitrogens with two attached hydrogens (primary N) is 1. The number of benzene rings is 1. The van der Waals surface area contributed by atoms with Gasteiger partial charge < -0.3 is 19.9 Å². The van der Waals surface area contributed by atoms with E-state index < -0.39 is 0 Å². The van der Waals surface area contributed by atoms with E-state index in [1.54, 1.807) is 34.4 Å². The molecule has 38 heavy (non-hydrogen) atoms. The molecule has 3 aromatic heterocycles. The van der Waals surface area contributed by atoms with Gasteiger partial charge >= 0.3 is 0 Å². The van der Waals surface area contributed by atoms with Gasteiger partial charge in [0.1, 0.15) is 6.54 Å². The summed E-state index contributed by atoms with van der Waals surface area (Å²) in [6.45, 7) is 1.54. The Morgan fingerprint density at radius 2 is 1.82 bits per heavy atom. The maximum Gasteiger partial charge on any atom is 0.261 e. The predicted octanol–water partition coefficient (Wildman–Crippen LogP) is 3.08. The second kappa shape index (κ2) is 9.97. The number of hydrogen-bond acceptors (Lipinski definition) is 9. The predicted molar refractivity (Wildman–Crippen MR) is 139 cm³/mol. The Labute approximate surface area is 220 Å². The van der Waals surface area contributed by atoms with Gasteiger partial charge in [0, 0.05) is 50.5 Å². The lowest BCUT2D eigenvalue weighted by Gasteiger charge is -2.39. The molecule has 0 bridgehead atoms. The number of anilines is 1. The van der Waals surface area contributed by atoms with Crippen molar-refractivity contribution in [3.05, 3.63) is 60.4 Å². The first-order chi connectivity index (χ1) is 18.5. The molecule has 0 radical (unpaired) electrons. The minimum Gasteiger partial charge on any atom is -0.381 e. The van der Waals surface area contributed by atoms with Gasteiger partial charge in [0.25, 0.3) is 5.89 Å². The third-order valence-electron chi connectivity index (χ3n) is 7.81. The van der Waals surface area contributed by atoms with Crippen LogP contribution in [-0.4, -0.2) is 67.0 Å². The fraction of sp³-hybridized carbons (Fsp3) is 0.407. The molecule has 1 aliphatic heterocycles. The Morgan fingerprint density at radius 3 is 2.50 bits per heavy atom. The number of amides is 1. The number of likely N-dealkylation sites (N-methyl/N-ethyl adjacent to an activating group) is 1. The van der Waals surface area contributed by atoms with E-state index in [1.165, 1.54) is 0 Å². The van der Waals surface area contributed by atoms with E-state index in [-0.39, 0.29) is 29.9 Å². The molecule has 2 fully saturated rings. The van der Waals surface area contributed by atoms with Crippen molar-refractivity contribution in [3.8, 4) is 22.6 Å². The zero-order chi connectivity index (χ0) is 26.1. The van der Waals surface area contributed by atoms with E-state index in [2.05, 4.69) is 44.5 Å². The normalized spacial score (nSPS) is 17.2. The van der Waals surface area contributed by atoms with Crippen molar-refractivity contribution in [2.24, 2.45) is 0 Å². The lowest BCUT2D eigenvalue weighted by Crippen LogP contribution is -2.42.